The number of phenols is 1. The van der Waals surface area contributed by atoms with Gasteiger partial charge in [0.15, 0.2) is 5.78 Å². The topological polar surface area (TPSA) is 68.2 Å². The van der Waals surface area contributed by atoms with Crippen LogP contribution in [0.3, 0.4) is 0 Å². The third-order valence-electron chi connectivity index (χ3n) is 6.19. The highest BCUT2D eigenvalue weighted by Gasteiger charge is 2.19. The molecule has 0 aromatic heterocycles. The molecule has 1 aliphatic heterocycles. The molecule has 188 valence electrons. The van der Waals surface area contributed by atoms with Crippen LogP contribution in [-0.4, -0.2) is 43.3 Å². The highest BCUT2D eigenvalue weighted by molar-refractivity contribution is 7.10. The first-order chi connectivity index (χ1) is 18.1. The predicted molar refractivity (Wildman–Crippen MR) is 150 cm³/mol. The average molecular weight is 526 g/mol. The molecule has 36 heavy (non-hydrogen) atoms. The van der Waals surface area contributed by atoms with Crippen LogP contribution in [0.4, 0.5) is 0 Å². The van der Waals surface area contributed by atoms with Crippen LogP contribution in [0.5, 0.6) is 23.0 Å². The van der Waals surface area contributed by atoms with E-state index < -0.39 is 9.41 Å². The molecule has 0 radical (unpaired) electrons. The number of carbonyl (C=O) groups excluding carboxylic acids is 1. The second-order valence-electron chi connectivity index (χ2n) is 8.63. The summed E-state index contributed by atoms with van der Waals surface area (Å²) in [5.74, 6) is 1.23. The molecule has 1 heterocycles. The van der Waals surface area contributed by atoms with E-state index in [0.717, 1.165) is 30.9 Å². The molecule has 0 amide bonds. The zero-order valence-electron chi connectivity index (χ0n) is 21.0. The van der Waals surface area contributed by atoms with E-state index in [2.05, 4.69) is 14.4 Å². The standard InChI is InChI=1S/C28H31NO5P2/c30-27-19-24(34-36)12-13-25(27)28(31)26(21-6-10-23(33-35)11-7-21)18-20-4-8-22(9-5-20)32-17-16-29-14-2-1-3-15-29/h4-13,18-19,30H,1-3,14-17,35-36H2/i36T. The molecule has 1 fully saturated rings. The zero-order valence-corrected chi connectivity index (χ0v) is 22.1. The summed E-state index contributed by atoms with van der Waals surface area (Å²) in [6, 6.07) is 19.2. The Morgan fingerprint density at radius 3 is 2.31 bits per heavy atom. The Balaban J connectivity index is 1.55. The fraction of sp³-hybridized carbons (Fsp3) is 0.250. The second kappa shape index (κ2) is 12.9. The van der Waals surface area contributed by atoms with E-state index in [1.54, 1.807) is 36.4 Å². The normalized spacial score (nSPS) is 15.0. The number of rotatable bonds is 11. The Morgan fingerprint density at radius 2 is 1.64 bits per heavy atom. The SMILES string of the molecule is [3H]POc1ccc(C(=O)C(=Cc2ccc(OCCN3CCCCC3)cc2)c2ccc(OP)cc2)c(O)c1. The number of aromatic hydroxyl groups is 1. The Morgan fingerprint density at radius 1 is 0.944 bits per heavy atom. The Bertz CT molecular complexity index is 1210. The van der Waals surface area contributed by atoms with Crippen molar-refractivity contribution in [3.63, 3.8) is 0 Å². The molecule has 1 aliphatic rings. The lowest BCUT2D eigenvalue weighted by Crippen LogP contribution is -2.33. The number of hydrogen-bond acceptors (Lipinski definition) is 6. The number of carbonyl (C=O) groups is 1. The molecule has 8 heteroatoms. The molecular formula is C28H31NO5P2. The minimum atomic E-state index is -0.509. The number of benzene rings is 3. The fourth-order valence-electron chi connectivity index (χ4n) is 4.21. The van der Waals surface area contributed by atoms with Crippen molar-refractivity contribution < 1.29 is 23.7 Å². The Labute approximate surface area is 218 Å². The van der Waals surface area contributed by atoms with Crippen LogP contribution in [-0.2, 0) is 0 Å². The molecule has 3 aromatic carbocycles. The summed E-state index contributed by atoms with van der Waals surface area (Å²) < 4.78 is 23.5. The van der Waals surface area contributed by atoms with Gasteiger partial charge in [-0.2, -0.15) is 0 Å². The molecule has 2 atom stereocenters. The van der Waals surface area contributed by atoms with Gasteiger partial charge in [-0.05, 0) is 79.5 Å². The number of piperidine rings is 1. The molecule has 0 saturated carbocycles. The van der Waals surface area contributed by atoms with Crippen molar-refractivity contribution in [2.24, 2.45) is 0 Å². The summed E-state index contributed by atoms with van der Waals surface area (Å²) >= 11 is 0. The van der Waals surface area contributed by atoms with Gasteiger partial charge in [0.25, 0.3) is 0 Å². The van der Waals surface area contributed by atoms with Crippen molar-refractivity contribution in [1.29, 1.82) is 1.28 Å². The lowest BCUT2D eigenvalue weighted by Gasteiger charge is -2.26. The Hall–Kier alpha value is -2.91. The van der Waals surface area contributed by atoms with E-state index in [4.69, 9.17) is 15.1 Å². The van der Waals surface area contributed by atoms with E-state index in [9.17, 15) is 9.90 Å². The van der Waals surface area contributed by atoms with Crippen molar-refractivity contribution in [3.8, 4) is 23.0 Å². The van der Waals surface area contributed by atoms with Gasteiger partial charge in [-0.25, -0.2) is 0 Å². The summed E-state index contributed by atoms with van der Waals surface area (Å²) in [5, 5.41) is 10.5. The third-order valence-corrected chi connectivity index (χ3v) is 6.70. The second-order valence-corrected chi connectivity index (χ2v) is 9.07. The van der Waals surface area contributed by atoms with E-state index >= 15 is 0 Å². The monoisotopic (exact) mass is 525 g/mol. The zero-order chi connectivity index (χ0) is 26.0. The van der Waals surface area contributed by atoms with Gasteiger partial charge in [-0.15, -0.1) is 0 Å². The number of ether oxygens (including phenoxy) is 1. The average Bonchev–Trinajstić information content (AvgIpc) is 2.93. The summed E-state index contributed by atoms with van der Waals surface area (Å²) in [6.45, 7) is 3.85. The molecule has 0 bridgehead atoms. The molecular weight excluding hydrogens is 492 g/mol. The summed E-state index contributed by atoms with van der Waals surface area (Å²) in [5.41, 5.74) is 2.08. The maximum Gasteiger partial charge on any atom is 0.197 e. The van der Waals surface area contributed by atoms with Crippen LogP contribution in [0.25, 0.3) is 11.6 Å². The maximum atomic E-state index is 13.6. The predicted octanol–water partition coefficient (Wildman–Crippen LogP) is 6.02. The molecule has 0 aliphatic carbocycles. The molecule has 3 aromatic rings. The van der Waals surface area contributed by atoms with Gasteiger partial charge in [0, 0.05) is 18.2 Å². The van der Waals surface area contributed by atoms with E-state index in [-0.39, 0.29) is 17.1 Å². The van der Waals surface area contributed by atoms with Gasteiger partial charge in [0.2, 0.25) is 0 Å². The van der Waals surface area contributed by atoms with Crippen molar-refractivity contribution in [3.05, 3.63) is 83.4 Å². The van der Waals surface area contributed by atoms with Crippen LogP contribution in [0.15, 0.2) is 66.7 Å². The van der Waals surface area contributed by atoms with E-state index in [0.29, 0.717) is 29.2 Å². The van der Waals surface area contributed by atoms with Gasteiger partial charge < -0.3 is 18.9 Å². The number of hydrogen-bond donors (Lipinski definition) is 1. The first kappa shape index (κ1) is 24.8. The van der Waals surface area contributed by atoms with Gasteiger partial charge in [-0.1, -0.05) is 30.7 Å². The van der Waals surface area contributed by atoms with Crippen molar-refractivity contribution in [2.75, 3.05) is 26.2 Å². The lowest BCUT2D eigenvalue weighted by atomic mass is 9.94. The number of nitrogens with zero attached hydrogens (tertiary/aromatic N) is 1. The summed E-state index contributed by atoms with van der Waals surface area (Å²) in [6.07, 6.45) is 5.64. The molecule has 0 spiro atoms. The molecule has 1 saturated heterocycles. The van der Waals surface area contributed by atoms with Gasteiger partial charge in [-0.3, -0.25) is 9.69 Å². The Kier molecular flexibility index (Phi) is 8.86. The van der Waals surface area contributed by atoms with Crippen LogP contribution in [0.1, 0.15) is 40.7 Å². The van der Waals surface area contributed by atoms with E-state index in [1.807, 2.05) is 24.3 Å². The van der Waals surface area contributed by atoms with Crippen LogP contribution in [0.2, 0.25) is 0 Å². The van der Waals surface area contributed by atoms with Gasteiger partial charge >= 0.3 is 0 Å². The number of likely N-dealkylation sites (tertiary alicyclic amines) is 1. The highest BCUT2D eigenvalue weighted by Crippen LogP contribution is 2.31. The molecule has 1 N–H and O–H groups in total. The van der Waals surface area contributed by atoms with Crippen LogP contribution >= 0.6 is 18.9 Å². The minimum Gasteiger partial charge on any atom is -0.507 e. The van der Waals surface area contributed by atoms with Gasteiger partial charge in [0.1, 0.15) is 29.6 Å². The van der Waals surface area contributed by atoms with E-state index in [1.165, 1.54) is 31.4 Å². The van der Waals surface area contributed by atoms with Crippen LogP contribution in [0, 0.1) is 0 Å². The van der Waals surface area contributed by atoms with Gasteiger partial charge in [0.05, 0.1) is 25.7 Å². The summed E-state index contributed by atoms with van der Waals surface area (Å²) in [4.78, 5) is 16.0. The molecule has 4 rings (SSSR count). The smallest absolute Gasteiger partial charge is 0.197 e. The number of Topliss-reactive ketones (excluding diaryl/α,β-unsaturated/α-hetero) is 1. The van der Waals surface area contributed by atoms with Crippen molar-refractivity contribution in [2.45, 2.75) is 19.3 Å². The van der Waals surface area contributed by atoms with Crippen molar-refractivity contribution >= 4 is 36.3 Å². The number of ketones is 1. The molecule has 2 unspecified atom stereocenters. The lowest BCUT2D eigenvalue weighted by molar-refractivity contribution is 0.105. The quantitative estimate of drug-likeness (QED) is 0.143. The third kappa shape index (κ3) is 6.85. The highest BCUT2D eigenvalue weighted by atomic mass is 31.0. The van der Waals surface area contributed by atoms with Crippen molar-refractivity contribution in [1.82, 2.24) is 4.90 Å². The summed E-state index contributed by atoms with van der Waals surface area (Å²) in [7, 11) is 1.69. The number of allylic oxidation sites excluding steroid dienone is 1. The molecule has 6 nitrogen and oxygen atoms in total. The van der Waals surface area contributed by atoms with Crippen LogP contribution < -0.4 is 13.8 Å². The maximum absolute atomic E-state index is 13.6. The minimum absolute atomic E-state index is 0.149. The first-order valence-corrected chi connectivity index (χ1v) is 12.8. The first-order valence-electron chi connectivity index (χ1n) is 12.4. The largest absolute Gasteiger partial charge is 0.507 e. The fourth-order valence-corrected chi connectivity index (χ4v) is 4.49. The number of phenolic OH excluding ortho intramolecular Hbond substituents is 1.